The van der Waals surface area contributed by atoms with Gasteiger partial charge in [0.15, 0.2) is 37.7 Å². The molecule has 0 amide bonds. The first-order chi connectivity index (χ1) is 67.7. The highest BCUT2D eigenvalue weighted by atomic mass is 16.8. The van der Waals surface area contributed by atoms with Crippen LogP contribution < -0.4 is 0 Å². The first-order valence-electron chi connectivity index (χ1n) is 47.5. The Morgan fingerprint density at radius 2 is 0.409 bits per heavy atom. The molecule has 6 fully saturated rings. The van der Waals surface area contributed by atoms with Gasteiger partial charge in [0.1, 0.15) is 110 Å². The Hall–Kier alpha value is -9.84. The highest BCUT2D eigenvalue weighted by Gasteiger charge is 2.59. The molecule has 11 aromatic rings. The van der Waals surface area contributed by atoms with Crippen LogP contribution in [0.25, 0.3) is 0 Å². The number of ether oxygens (including phenoxy) is 23. The van der Waals surface area contributed by atoms with Crippen LogP contribution in [0.3, 0.4) is 0 Å². The number of hydrogen-bond donors (Lipinski definition) is 2. The van der Waals surface area contributed by atoms with Crippen LogP contribution in [0.5, 0.6) is 0 Å². The van der Waals surface area contributed by atoms with E-state index >= 15 is 0 Å². The molecule has 25 heteroatoms. The van der Waals surface area contributed by atoms with Gasteiger partial charge < -0.3 is 119 Å². The van der Waals surface area contributed by atoms with Gasteiger partial charge in [-0.05, 0) is 74.0 Å². The lowest BCUT2D eigenvalue weighted by Gasteiger charge is -2.32. The summed E-state index contributed by atoms with van der Waals surface area (Å²) in [6.45, 7) is 5.55. The second-order valence-electron chi connectivity index (χ2n) is 34.8. The first-order valence-corrected chi connectivity index (χ1v) is 47.5. The van der Waals surface area contributed by atoms with Crippen LogP contribution >= 0.6 is 0 Å². The summed E-state index contributed by atoms with van der Waals surface area (Å²) in [7, 11) is 0. The number of rotatable bonds is 54. The first kappa shape index (κ1) is 98.8. The summed E-state index contributed by atoms with van der Waals surface area (Å²) in [4.78, 5) is 0. The average Bonchev–Trinajstić information content (AvgIpc) is 1.65. The van der Waals surface area contributed by atoms with Crippen LogP contribution in [-0.2, 0) is 182 Å². The van der Waals surface area contributed by atoms with E-state index in [-0.39, 0.29) is 112 Å². The molecule has 25 nitrogen and oxygen atoms in total. The highest BCUT2D eigenvalue weighted by Crippen LogP contribution is 2.42. The van der Waals surface area contributed by atoms with Crippen LogP contribution in [0.2, 0.25) is 0 Å². The zero-order valence-corrected chi connectivity index (χ0v) is 76.8. The summed E-state index contributed by atoms with van der Waals surface area (Å²) in [5, 5.41) is 26.0. The maximum Gasteiger partial charge on any atom is 0.187 e. The molecular formula is C112H124O25. The van der Waals surface area contributed by atoms with E-state index < -0.39 is 148 Å². The van der Waals surface area contributed by atoms with Crippen molar-refractivity contribution in [2.45, 2.75) is 233 Å². The minimum atomic E-state index is -1.45. The lowest BCUT2D eigenvalue weighted by atomic mass is 10.1. The fourth-order valence-corrected chi connectivity index (χ4v) is 17.6. The second kappa shape index (κ2) is 52.4. The Morgan fingerprint density at radius 1 is 0.204 bits per heavy atom. The van der Waals surface area contributed by atoms with Crippen molar-refractivity contribution in [2.75, 3.05) is 46.2 Å². The van der Waals surface area contributed by atoms with Gasteiger partial charge in [-0.25, -0.2) is 0 Å². The third kappa shape index (κ3) is 28.5. The van der Waals surface area contributed by atoms with E-state index in [0.717, 1.165) is 61.2 Å². The molecule has 0 radical (unpaired) electrons. The van der Waals surface area contributed by atoms with Crippen LogP contribution in [0, 0.1) is 0 Å². The Labute approximate surface area is 801 Å². The summed E-state index contributed by atoms with van der Waals surface area (Å²) < 4.78 is 162. The molecule has 2 N–H and O–H groups in total. The Morgan fingerprint density at radius 3 is 0.708 bits per heavy atom. The molecule has 0 saturated carbocycles. The summed E-state index contributed by atoms with van der Waals surface area (Å²) in [5.74, 6) is 0. The molecule has 0 aromatic heterocycles. The number of unbranched alkanes of at least 4 members (excludes halogenated alkanes) is 1. The SMILES string of the molecule is C=CCCCO[C@H]1O[C@H](CO[C@H]2O[C@H](CO[C@H]3O[C@H](COCc4ccccc4)[C@@H](OCc4ccccc4)[C@@H]3O[C@@H]3O[C@H](COCc4ccccc4)[C@@H](OCc4ccccc4)[C@@H]3O)[C@@H](O[C@H]3O[C@H](COCc4ccccc4)[C@@H](OCc4ccccc4)[C@@H]3O[C@@H]3O[C@H](COCc4ccccc4)[C@@H](OCc4ccccc4)[C@@H]3O)[C@@H]2OCc2ccccc2)[C@@H](OCc2ccccc2)[C@@H]1OCc1ccccc1. The van der Waals surface area contributed by atoms with Crippen molar-refractivity contribution in [1.82, 2.24) is 0 Å². The molecule has 11 aromatic carbocycles. The fraction of sp³-hybridized carbons (Fsp3) is 0.393. The van der Waals surface area contributed by atoms with E-state index in [1.54, 1.807) is 0 Å². The van der Waals surface area contributed by atoms with E-state index in [9.17, 15) is 10.2 Å². The summed E-state index contributed by atoms with van der Waals surface area (Å²) in [6.07, 6.45) is -23.6. The molecule has 0 bridgehead atoms. The fourth-order valence-electron chi connectivity index (χ4n) is 17.6. The topological polar surface area (TPSA) is 253 Å². The molecule has 0 spiro atoms. The molecule has 137 heavy (non-hydrogen) atoms. The molecule has 722 valence electrons. The maximum atomic E-state index is 13.0. The molecule has 24 atom stereocenters. The van der Waals surface area contributed by atoms with Crippen molar-refractivity contribution in [1.29, 1.82) is 0 Å². The van der Waals surface area contributed by atoms with Gasteiger partial charge in [0, 0.05) is 0 Å². The summed E-state index contributed by atoms with van der Waals surface area (Å²) >= 11 is 0. The third-order valence-electron chi connectivity index (χ3n) is 24.8. The quantitative estimate of drug-likeness (QED) is 0.0265. The number of aliphatic hydroxyl groups is 2. The van der Waals surface area contributed by atoms with Gasteiger partial charge in [-0.2, -0.15) is 0 Å². The molecule has 6 heterocycles. The van der Waals surface area contributed by atoms with E-state index in [1.165, 1.54) is 0 Å². The van der Waals surface area contributed by atoms with Crippen LogP contribution in [0.1, 0.15) is 74.0 Å². The van der Waals surface area contributed by atoms with Gasteiger partial charge in [-0.3, -0.25) is 0 Å². The Bertz CT molecular complexity index is 5190. The van der Waals surface area contributed by atoms with Gasteiger partial charge in [0.05, 0.1) is 119 Å². The van der Waals surface area contributed by atoms with Gasteiger partial charge in [0.2, 0.25) is 0 Å². The standard InChI is InChI=1S/C112H124O25/c1-2-3-37-60-119-109-103(125-70-87-56-33-13-34-57-87)99(122-67-84-50-27-10-28-51-84)93(132-109)76-127-110-104(126-71-88-58-35-14-36-59-88)102(135-112-106(101(124-69-86-54-31-12-32-55-86)92(134-112)75-118-64-81-44-21-7-22-45-81)137-108-96(114)98(121-66-83-48-25-9-26-49-83)90(130-108)73-116-62-79-40-17-5-18-41-79)94(133-110)77-128-111-105(100(123-68-85-52-29-11-30-53-85)91(131-111)74-117-63-80-42-19-6-20-43-80)136-107-95(113)97(120-65-82-46-23-8-24-47-82)89(129-107)72-115-61-78-38-15-4-16-39-78/h2,4-36,38-59,89-114H,1,3,37,60-77H2/t89-,90-,91-,92-,93-,94-,95+,96+,97-,98-,99-,100-,101-,102-,103+,104+,105+,106+,107+,108+,109+,110+,111+,112-/m1/s1. The van der Waals surface area contributed by atoms with Crippen molar-refractivity contribution in [3.8, 4) is 0 Å². The van der Waals surface area contributed by atoms with E-state index in [2.05, 4.69) is 6.58 Å². The van der Waals surface area contributed by atoms with Gasteiger partial charge in [0.25, 0.3) is 0 Å². The van der Waals surface area contributed by atoms with Gasteiger partial charge >= 0.3 is 0 Å². The average molecular weight is 1870 g/mol. The normalized spacial score (nSPS) is 28.0. The molecular weight excluding hydrogens is 1750 g/mol. The predicted molar refractivity (Wildman–Crippen MR) is 505 cm³/mol. The summed E-state index contributed by atoms with van der Waals surface area (Å²) in [6, 6.07) is 108. The molecule has 6 aliphatic heterocycles. The zero-order chi connectivity index (χ0) is 93.2. The smallest absolute Gasteiger partial charge is 0.187 e. The van der Waals surface area contributed by atoms with E-state index in [1.807, 2.05) is 340 Å². The molecule has 0 unspecified atom stereocenters. The Kier molecular flexibility index (Phi) is 37.8. The zero-order valence-electron chi connectivity index (χ0n) is 76.8. The predicted octanol–water partition coefficient (Wildman–Crippen LogP) is 16.2. The highest BCUT2D eigenvalue weighted by molar-refractivity contribution is 5.23. The number of allylic oxidation sites excluding steroid dienone is 1. The minimum Gasteiger partial charge on any atom is -0.385 e. The van der Waals surface area contributed by atoms with E-state index in [4.69, 9.17) is 109 Å². The van der Waals surface area contributed by atoms with Crippen molar-refractivity contribution >= 4 is 0 Å². The van der Waals surface area contributed by atoms with Crippen LogP contribution in [0.4, 0.5) is 0 Å². The molecule has 0 aliphatic carbocycles. The maximum absolute atomic E-state index is 13.0. The van der Waals surface area contributed by atoms with E-state index in [0.29, 0.717) is 19.4 Å². The molecule has 6 aliphatic rings. The van der Waals surface area contributed by atoms with Crippen LogP contribution in [0.15, 0.2) is 346 Å². The third-order valence-corrected chi connectivity index (χ3v) is 24.8. The van der Waals surface area contributed by atoms with Crippen LogP contribution in [-0.4, -0.2) is 204 Å². The monoisotopic (exact) mass is 1870 g/mol. The second-order valence-corrected chi connectivity index (χ2v) is 34.8. The van der Waals surface area contributed by atoms with Crippen molar-refractivity contribution in [3.63, 3.8) is 0 Å². The van der Waals surface area contributed by atoms with Crippen molar-refractivity contribution in [2.24, 2.45) is 0 Å². The number of hydrogen-bond acceptors (Lipinski definition) is 25. The van der Waals surface area contributed by atoms with Gasteiger partial charge in [-0.15, -0.1) is 6.58 Å². The largest absolute Gasteiger partial charge is 0.385 e. The molecule has 6 saturated heterocycles. The minimum absolute atomic E-state index is 0.0101. The molecule has 17 rings (SSSR count). The number of aliphatic hydroxyl groups excluding tert-OH is 2. The Balaban J connectivity index is 0.748. The summed E-state index contributed by atoms with van der Waals surface area (Å²) in [5.41, 5.74) is 9.87. The number of benzene rings is 11. The van der Waals surface area contributed by atoms with Crippen molar-refractivity contribution in [3.05, 3.63) is 408 Å². The lowest BCUT2D eigenvalue weighted by Crippen LogP contribution is -2.49. The van der Waals surface area contributed by atoms with Gasteiger partial charge in [-0.1, -0.05) is 340 Å². The van der Waals surface area contributed by atoms with Crippen molar-refractivity contribution < 1.29 is 119 Å². The lowest BCUT2D eigenvalue weighted by molar-refractivity contribution is -0.273.